The Morgan fingerprint density at radius 2 is 1.78 bits per heavy atom. The van der Waals surface area contributed by atoms with Gasteiger partial charge in [-0.3, -0.25) is 9.59 Å². The van der Waals surface area contributed by atoms with Gasteiger partial charge in [-0.2, -0.15) is 0 Å². The van der Waals surface area contributed by atoms with Crippen LogP contribution in [0.4, 0.5) is 5.69 Å². The molecule has 4 heteroatoms. The van der Waals surface area contributed by atoms with E-state index in [1.54, 1.807) is 19.1 Å². The number of ketones is 1. The predicted molar refractivity (Wildman–Crippen MR) is 92.6 cm³/mol. The summed E-state index contributed by atoms with van der Waals surface area (Å²) in [5.74, 6) is 0.0615. The number of carbonyl (C=O) groups is 2. The quantitative estimate of drug-likeness (QED) is 0.771. The molecule has 120 valence electrons. The molecule has 0 saturated heterocycles. The fourth-order valence-electron chi connectivity index (χ4n) is 2.25. The maximum Gasteiger partial charge on any atom is 0.222 e. The summed E-state index contributed by atoms with van der Waals surface area (Å²) in [5, 5.41) is 6.09. The van der Waals surface area contributed by atoms with Gasteiger partial charge in [-0.1, -0.05) is 29.8 Å². The lowest BCUT2D eigenvalue weighted by atomic mass is 10.1. The largest absolute Gasteiger partial charge is 0.385 e. The van der Waals surface area contributed by atoms with E-state index >= 15 is 0 Å². The lowest BCUT2D eigenvalue weighted by Crippen LogP contribution is -2.24. The van der Waals surface area contributed by atoms with Gasteiger partial charge in [0.2, 0.25) is 5.91 Å². The summed E-state index contributed by atoms with van der Waals surface area (Å²) in [6.45, 7) is 4.68. The SMILES string of the molecule is CC(=O)c1ccc(NCCC(=O)NCc2cccc(C)c2)cc1. The molecule has 2 aromatic carbocycles. The molecule has 0 atom stereocenters. The molecule has 2 aromatic rings. The Hall–Kier alpha value is -2.62. The third kappa shape index (κ3) is 5.58. The zero-order valence-corrected chi connectivity index (χ0v) is 13.6. The third-order valence-electron chi connectivity index (χ3n) is 3.54. The van der Waals surface area contributed by atoms with Gasteiger partial charge in [0.1, 0.15) is 0 Å². The maximum atomic E-state index is 11.8. The Labute approximate surface area is 136 Å². The fraction of sp³-hybridized carbons (Fsp3) is 0.263. The lowest BCUT2D eigenvalue weighted by molar-refractivity contribution is -0.121. The first-order chi connectivity index (χ1) is 11.0. The van der Waals surface area contributed by atoms with Crippen molar-refractivity contribution in [3.8, 4) is 0 Å². The van der Waals surface area contributed by atoms with E-state index in [1.165, 1.54) is 5.56 Å². The van der Waals surface area contributed by atoms with Crippen LogP contribution >= 0.6 is 0 Å². The minimum absolute atomic E-state index is 0.0133. The molecular formula is C19H22N2O2. The van der Waals surface area contributed by atoms with Crippen molar-refractivity contribution in [3.05, 3.63) is 65.2 Å². The van der Waals surface area contributed by atoms with E-state index in [4.69, 9.17) is 0 Å². The summed E-state index contributed by atoms with van der Waals surface area (Å²) in [6, 6.07) is 15.3. The van der Waals surface area contributed by atoms with Crippen molar-refractivity contribution in [1.29, 1.82) is 0 Å². The van der Waals surface area contributed by atoms with Gasteiger partial charge in [0.25, 0.3) is 0 Å². The molecule has 4 nitrogen and oxygen atoms in total. The summed E-state index contributed by atoms with van der Waals surface area (Å²) in [5.41, 5.74) is 3.88. The van der Waals surface area contributed by atoms with Crippen molar-refractivity contribution >= 4 is 17.4 Å². The summed E-state index contributed by atoms with van der Waals surface area (Å²) >= 11 is 0. The molecule has 0 radical (unpaired) electrons. The van der Waals surface area contributed by atoms with Gasteiger partial charge in [0.05, 0.1) is 0 Å². The van der Waals surface area contributed by atoms with Gasteiger partial charge in [-0.25, -0.2) is 0 Å². The van der Waals surface area contributed by atoms with Gasteiger partial charge < -0.3 is 10.6 Å². The monoisotopic (exact) mass is 310 g/mol. The number of aryl methyl sites for hydroxylation is 1. The highest BCUT2D eigenvalue weighted by atomic mass is 16.1. The van der Waals surface area contributed by atoms with Crippen LogP contribution in [-0.2, 0) is 11.3 Å². The van der Waals surface area contributed by atoms with E-state index in [9.17, 15) is 9.59 Å². The number of carbonyl (C=O) groups excluding carboxylic acids is 2. The van der Waals surface area contributed by atoms with Crippen LogP contribution in [0.2, 0.25) is 0 Å². The predicted octanol–water partition coefficient (Wildman–Crippen LogP) is 3.32. The molecule has 0 spiro atoms. The average Bonchev–Trinajstić information content (AvgIpc) is 2.53. The molecule has 1 amide bonds. The molecule has 0 aliphatic carbocycles. The topological polar surface area (TPSA) is 58.2 Å². The van der Waals surface area contributed by atoms with Crippen LogP contribution in [0.3, 0.4) is 0 Å². The number of nitrogens with one attached hydrogen (secondary N) is 2. The number of amides is 1. The molecule has 2 rings (SSSR count). The maximum absolute atomic E-state index is 11.8. The van der Waals surface area contributed by atoms with Crippen molar-refractivity contribution in [2.75, 3.05) is 11.9 Å². The molecule has 0 heterocycles. The Bertz CT molecular complexity index is 678. The highest BCUT2D eigenvalue weighted by Crippen LogP contribution is 2.10. The standard InChI is InChI=1S/C19H22N2O2/c1-14-4-3-5-16(12-14)13-21-19(23)10-11-20-18-8-6-17(7-9-18)15(2)22/h3-9,12,20H,10-11,13H2,1-2H3,(H,21,23). The average molecular weight is 310 g/mol. The third-order valence-corrected chi connectivity index (χ3v) is 3.54. The zero-order chi connectivity index (χ0) is 16.7. The minimum atomic E-state index is 0.0133. The van der Waals surface area contributed by atoms with E-state index in [1.807, 2.05) is 37.3 Å². The number of Topliss-reactive ketones (excluding diaryl/α,β-unsaturated/α-hetero) is 1. The molecule has 0 unspecified atom stereocenters. The van der Waals surface area contributed by atoms with Crippen LogP contribution in [0.25, 0.3) is 0 Å². The molecule has 23 heavy (non-hydrogen) atoms. The molecule has 0 aliphatic rings. The van der Waals surface area contributed by atoms with E-state index in [0.29, 0.717) is 25.1 Å². The second-order valence-electron chi connectivity index (χ2n) is 5.58. The number of anilines is 1. The van der Waals surface area contributed by atoms with Crippen molar-refractivity contribution in [2.45, 2.75) is 26.8 Å². The highest BCUT2D eigenvalue weighted by molar-refractivity contribution is 5.94. The van der Waals surface area contributed by atoms with E-state index in [0.717, 1.165) is 11.3 Å². The van der Waals surface area contributed by atoms with Crippen molar-refractivity contribution < 1.29 is 9.59 Å². The van der Waals surface area contributed by atoms with Crippen LogP contribution in [0, 0.1) is 6.92 Å². The van der Waals surface area contributed by atoms with Gasteiger partial charge >= 0.3 is 0 Å². The van der Waals surface area contributed by atoms with Gasteiger partial charge in [-0.05, 0) is 43.7 Å². The second-order valence-corrected chi connectivity index (χ2v) is 5.58. The Morgan fingerprint density at radius 1 is 1.04 bits per heavy atom. The summed E-state index contributed by atoms with van der Waals surface area (Å²) in [6.07, 6.45) is 0.403. The second kappa shape index (κ2) is 8.13. The van der Waals surface area contributed by atoms with Crippen molar-refractivity contribution in [1.82, 2.24) is 5.32 Å². The van der Waals surface area contributed by atoms with E-state index < -0.39 is 0 Å². The first-order valence-corrected chi connectivity index (χ1v) is 7.72. The first kappa shape index (κ1) is 16.7. The summed E-state index contributed by atoms with van der Waals surface area (Å²) in [7, 11) is 0. The van der Waals surface area contributed by atoms with E-state index in [2.05, 4.69) is 16.7 Å². The minimum Gasteiger partial charge on any atom is -0.385 e. The Morgan fingerprint density at radius 3 is 2.43 bits per heavy atom. The molecule has 0 aliphatic heterocycles. The van der Waals surface area contributed by atoms with Crippen molar-refractivity contribution in [3.63, 3.8) is 0 Å². The normalized spacial score (nSPS) is 10.2. The fourth-order valence-corrected chi connectivity index (χ4v) is 2.25. The number of hydrogen-bond acceptors (Lipinski definition) is 3. The smallest absolute Gasteiger partial charge is 0.222 e. The molecule has 0 aromatic heterocycles. The van der Waals surface area contributed by atoms with Gasteiger partial charge in [0, 0.05) is 30.8 Å². The van der Waals surface area contributed by atoms with Crippen LogP contribution in [0.5, 0.6) is 0 Å². The summed E-state index contributed by atoms with van der Waals surface area (Å²) < 4.78 is 0. The Kier molecular flexibility index (Phi) is 5.92. The van der Waals surface area contributed by atoms with Crippen molar-refractivity contribution in [2.24, 2.45) is 0 Å². The lowest BCUT2D eigenvalue weighted by Gasteiger charge is -2.08. The highest BCUT2D eigenvalue weighted by Gasteiger charge is 2.02. The number of benzene rings is 2. The Balaban J connectivity index is 1.71. The van der Waals surface area contributed by atoms with Gasteiger partial charge in [0.15, 0.2) is 5.78 Å². The molecule has 0 fully saturated rings. The molecule has 2 N–H and O–H groups in total. The summed E-state index contributed by atoms with van der Waals surface area (Å²) in [4.78, 5) is 23.0. The number of hydrogen-bond donors (Lipinski definition) is 2. The zero-order valence-electron chi connectivity index (χ0n) is 13.6. The van der Waals surface area contributed by atoms with Crippen LogP contribution in [0.1, 0.15) is 34.8 Å². The van der Waals surface area contributed by atoms with Gasteiger partial charge in [-0.15, -0.1) is 0 Å². The molecule has 0 bridgehead atoms. The van der Waals surface area contributed by atoms with Crippen LogP contribution in [-0.4, -0.2) is 18.2 Å². The van der Waals surface area contributed by atoms with Crippen LogP contribution < -0.4 is 10.6 Å². The van der Waals surface area contributed by atoms with Crippen LogP contribution in [0.15, 0.2) is 48.5 Å². The van der Waals surface area contributed by atoms with E-state index in [-0.39, 0.29) is 11.7 Å². The molecule has 0 saturated carbocycles. The first-order valence-electron chi connectivity index (χ1n) is 7.72. The molecular weight excluding hydrogens is 288 g/mol. The number of rotatable bonds is 7.